The number of rotatable bonds is 4. The molecule has 6 heteroatoms. The number of ether oxygens (including phenoxy) is 1. The lowest BCUT2D eigenvalue weighted by Crippen LogP contribution is -2.42. The molecule has 6 nitrogen and oxygen atoms in total. The van der Waals surface area contributed by atoms with Gasteiger partial charge in [-0.25, -0.2) is 0 Å². The van der Waals surface area contributed by atoms with Gasteiger partial charge in [0, 0.05) is 45.4 Å². The van der Waals surface area contributed by atoms with Gasteiger partial charge in [-0.05, 0) is 24.3 Å². The molecule has 2 aromatic rings. The molecular formula is C19H21N3O3. The van der Waals surface area contributed by atoms with Gasteiger partial charge in [-0.15, -0.1) is 0 Å². The number of hydrogen-bond donors (Lipinski definition) is 1. The van der Waals surface area contributed by atoms with Crippen LogP contribution in [0.3, 0.4) is 0 Å². The first-order valence-electron chi connectivity index (χ1n) is 8.36. The van der Waals surface area contributed by atoms with Gasteiger partial charge < -0.3 is 15.0 Å². The Kier molecular flexibility index (Phi) is 5.28. The molecule has 1 aliphatic rings. The second kappa shape index (κ2) is 7.79. The SMILES string of the molecule is CNC(=O)c1ccccc1OC1CCN(C(=O)c2cccnc2)CC1. The van der Waals surface area contributed by atoms with E-state index >= 15 is 0 Å². The lowest BCUT2D eigenvalue weighted by Gasteiger charge is -2.32. The van der Waals surface area contributed by atoms with Crippen LogP contribution in [-0.2, 0) is 0 Å². The van der Waals surface area contributed by atoms with E-state index in [1.165, 1.54) is 0 Å². The largest absolute Gasteiger partial charge is 0.489 e. The highest BCUT2D eigenvalue weighted by atomic mass is 16.5. The van der Waals surface area contributed by atoms with Crippen molar-refractivity contribution in [1.29, 1.82) is 0 Å². The van der Waals surface area contributed by atoms with Crippen molar-refractivity contribution in [2.24, 2.45) is 0 Å². The lowest BCUT2D eigenvalue weighted by atomic mass is 10.1. The Morgan fingerprint density at radius 1 is 1.16 bits per heavy atom. The van der Waals surface area contributed by atoms with Crippen molar-refractivity contribution < 1.29 is 14.3 Å². The van der Waals surface area contributed by atoms with E-state index in [4.69, 9.17) is 4.74 Å². The molecule has 0 bridgehead atoms. The van der Waals surface area contributed by atoms with Gasteiger partial charge in [-0.1, -0.05) is 12.1 Å². The summed E-state index contributed by atoms with van der Waals surface area (Å²) in [4.78, 5) is 30.2. The third kappa shape index (κ3) is 3.96. The first-order valence-corrected chi connectivity index (χ1v) is 8.36. The van der Waals surface area contributed by atoms with Crippen LogP contribution in [0.5, 0.6) is 5.75 Å². The molecule has 1 saturated heterocycles. The molecule has 0 aliphatic carbocycles. The van der Waals surface area contributed by atoms with Gasteiger partial charge in [0.25, 0.3) is 11.8 Å². The topological polar surface area (TPSA) is 71.5 Å². The van der Waals surface area contributed by atoms with E-state index in [9.17, 15) is 9.59 Å². The van der Waals surface area contributed by atoms with Gasteiger partial charge in [0.05, 0.1) is 11.1 Å². The van der Waals surface area contributed by atoms with Crippen molar-refractivity contribution in [3.05, 3.63) is 59.9 Å². The van der Waals surface area contributed by atoms with Gasteiger partial charge in [-0.2, -0.15) is 0 Å². The van der Waals surface area contributed by atoms with Crippen LogP contribution in [0.25, 0.3) is 0 Å². The summed E-state index contributed by atoms with van der Waals surface area (Å²) in [7, 11) is 1.60. The van der Waals surface area contributed by atoms with Crippen molar-refractivity contribution in [2.45, 2.75) is 18.9 Å². The molecule has 1 aromatic carbocycles. The van der Waals surface area contributed by atoms with Crippen LogP contribution in [0.2, 0.25) is 0 Å². The average molecular weight is 339 g/mol. The van der Waals surface area contributed by atoms with E-state index in [2.05, 4.69) is 10.3 Å². The summed E-state index contributed by atoms with van der Waals surface area (Å²) >= 11 is 0. The maximum Gasteiger partial charge on any atom is 0.255 e. The summed E-state index contributed by atoms with van der Waals surface area (Å²) in [5, 5.41) is 2.62. The number of piperidine rings is 1. The van der Waals surface area contributed by atoms with Crippen LogP contribution in [0, 0.1) is 0 Å². The van der Waals surface area contributed by atoms with Crippen molar-refractivity contribution in [3.63, 3.8) is 0 Å². The number of pyridine rings is 1. The van der Waals surface area contributed by atoms with Gasteiger partial charge in [0.1, 0.15) is 11.9 Å². The molecule has 0 spiro atoms. The molecule has 0 unspecified atom stereocenters. The number of nitrogens with one attached hydrogen (secondary N) is 1. The van der Waals surface area contributed by atoms with E-state index in [1.807, 2.05) is 17.0 Å². The molecule has 0 atom stereocenters. The molecular weight excluding hydrogens is 318 g/mol. The molecule has 2 heterocycles. The molecule has 3 rings (SSSR count). The molecule has 2 amide bonds. The zero-order valence-electron chi connectivity index (χ0n) is 14.1. The molecule has 25 heavy (non-hydrogen) atoms. The minimum absolute atomic E-state index is 0.00249. The summed E-state index contributed by atoms with van der Waals surface area (Å²) < 4.78 is 6.03. The standard InChI is InChI=1S/C19H21N3O3/c1-20-18(23)16-6-2-3-7-17(16)25-15-8-11-22(12-9-15)19(24)14-5-4-10-21-13-14/h2-7,10,13,15H,8-9,11-12H2,1H3,(H,20,23). The van der Waals surface area contributed by atoms with E-state index in [0.29, 0.717) is 30.0 Å². The smallest absolute Gasteiger partial charge is 0.255 e. The van der Waals surface area contributed by atoms with E-state index < -0.39 is 0 Å². The second-order valence-electron chi connectivity index (χ2n) is 5.93. The van der Waals surface area contributed by atoms with Crippen LogP contribution in [0.15, 0.2) is 48.8 Å². The number of hydrogen-bond acceptors (Lipinski definition) is 4. The highest BCUT2D eigenvalue weighted by molar-refractivity contribution is 5.96. The molecule has 0 saturated carbocycles. The van der Waals surface area contributed by atoms with Gasteiger partial charge >= 0.3 is 0 Å². The summed E-state index contributed by atoms with van der Waals surface area (Å²) in [6.07, 6.45) is 4.69. The first kappa shape index (κ1) is 17.0. The highest BCUT2D eigenvalue weighted by Crippen LogP contribution is 2.23. The zero-order valence-corrected chi connectivity index (χ0v) is 14.1. The molecule has 130 valence electrons. The molecule has 1 aliphatic heterocycles. The minimum atomic E-state index is -0.167. The maximum atomic E-state index is 12.4. The molecule has 0 radical (unpaired) electrons. The molecule has 1 aromatic heterocycles. The number of carbonyl (C=O) groups is 2. The molecule has 1 N–H and O–H groups in total. The van der Waals surface area contributed by atoms with E-state index in [0.717, 1.165) is 12.8 Å². The third-order valence-corrected chi connectivity index (χ3v) is 4.29. The van der Waals surface area contributed by atoms with Crippen LogP contribution in [0.4, 0.5) is 0 Å². The number of carbonyl (C=O) groups excluding carboxylic acids is 2. The third-order valence-electron chi connectivity index (χ3n) is 4.29. The number of nitrogens with zero attached hydrogens (tertiary/aromatic N) is 2. The summed E-state index contributed by atoms with van der Waals surface area (Å²) in [6, 6.07) is 10.7. The lowest BCUT2D eigenvalue weighted by molar-refractivity contribution is 0.0593. The van der Waals surface area contributed by atoms with E-state index in [-0.39, 0.29) is 17.9 Å². The van der Waals surface area contributed by atoms with Crippen molar-refractivity contribution in [3.8, 4) is 5.75 Å². The fourth-order valence-electron chi connectivity index (χ4n) is 2.92. The van der Waals surface area contributed by atoms with Gasteiger partial charge in [-0.3, -0.25) is 14.6 Å². The Hall–Kier alpha value is -2.89. The molecule has 1 fully saturated rings. The van der Waals surface area contributed by atoms with Crippen LogP contribution in [0.1, 0.15) is 33.6 Å². The predicted octanol–water partition coefficient (Wildman–Crippen LogP) is 2.12. The van der Waals surface area contributed by atoms with Crippen LogP contribution >= 0.6 is 0 Å². The van der Waals surface area contributed by atoms with Gasteiger partial charge in [0.2, 0.25) is 0 Å². The normalized spacial score (nSPS) is 14.8. The number of para-hydroxylation sites is 1. The van der Waals surface area contributed by atoms with E-state index in [1.54, 1.807) is 43.7 Å². The van der Waals surface area contributed by atoms with Crippen molar-refractivity contribution in [2.75, 3.05) is 20.1 Å². The Bertz CT molecular complexity index is 741. The van der Waals surface area contributed by atoms with Crippen molar-refractivity contribution in [1.82, 2.24) is 15.2 Å². The van der Waals surface area contributed by atoms with Gasteiger partial charge in [0.15, 0.2) is 0 Å². The highest BCUT2D eigenvalue weighted by Gasteiger charge is 2.25. The van der Waals surface area contributed by atoms with Crippen LogP contribution < -0.4 is 10.1 Å². The number of amides is 2. The summed E-state index contributed by atoms with van der Waals surface area (Å²) in [5.74, 6) is 0.413. The first-order chi connectivity index (χ1) is 12.2. The maximum absolute atomic E-state index is 12.4. The fourth-order valence-corrected chi connectivity index (χ4v) is 2.92. The second-order valence-corrected chi connectivity index (χ2v) is 5.93. The Morgan fingerprint density at radius 2 is 1.92 bits per heavy atom. The quantitative estimate of drug-likeness (QED) is 0.926. The van der Waals surface area contributed by atoms with Crippen LogP contribution in [-0.4, -0.2) is 47.9 Å². The Morgan fingerprint density at radius 3 is 2.60 bits per heavy atom. The number of aromatic nitrogens is 1. The summed E-state index contributed by atoms with van der Waals surface area (Å²) in [6.45, 7) is 1.25. The average Bonchev–Trinajstić information content (AvgIpc) is 2.68. The fraction of sp³-hybridized carbons (Fsp3) is 0.316. The zero-order chi connectivity index (χ0) is 17.6. The Balaban J connectivity index is 1.60. The monoisotopic (exact) mass is 339 g/mol. The summed E-state index contributed by atoms with van der Waals surface area (Å²) in [5.41, 5.74) is 1.13. The predicted molar refractivity (Wildman–Crippen MR) is 93.6 cm³/mol. The number of likely N-dealkylation sites (tertiary alicyclic amines) is 1. The minimum Gasteiger partial charge on any atom is -0.489 e. The number of benzene rings is 1. The Labute approximate surface area is 146 Å². The van der Waals surface area contributed by atoms with Crippen molar-refractivity contribution >= 4 is 11.8 Å².